The molecule has 1 amide bonds. The van der Waals surface area contributed by atoms with Gasteiger partial charge in [-0.3, -0.25) is 4.79 Å². The van der Waals surface area contributed by atoms with Crippen LogP contribution in [0.3, 0.4) is 0 Å². The van der Waals surface area contributed by atoms with Crippen molar-refractivity contribution in [1.82, 2.24) is 4.90 Å². The lowest BCUT2D eigenvalue weighted by atomic mass is 9.89. The highest BCUT2D eigenvalue weighted by molar-refractivity contribution is 6.37. The first-order chi connectivity index (χ1) is 9.40. The van der Waals surface area contributed by atoms with E-state index in [2.05, 4.69) is 0 Å². The molecule has 1 heterocycles. The van der Waals surface area contributed by atoms with Crippen molar-refractivity contribution in [3.63, 3.8) is 0 Å². The molecule has 0 aliphatic carbocycles. The minimum Gasteiger partial charge on any atom is -0.494 e. The SMILES string of the molecule is CCCC1(O)CN(C(=O)c2cc(Cl)c(OC)c(Cl)c2)C1. The quantitative estimate of drug-likeness (QED) is 0.928. The monoisotopic (exact) mass is 317 g/mol. The van der Waals surface area contributed by atoms with Crippen LogP contribution in [0, 0.1) is 0 Å². The molecule has 6 heteroatoms. The Hall–Kier alpha value is -0.970. The van der Waals surface area contributed by atoms with Crippen LogP contribution in [0.5, 0.6) is 5.75 Å². The van der Waals surface area contributed by atoms with E-state index in [-0.39, 0.29) is 5.91 Å². The smallest absolute Gasteiger partial charge is 0.254 e. The van der Waals surface area contributed by atoms with E-state index in [0.29, 0.717) is 40.9 Å². The summed E-state index contributed by atoms with van der Waals surface area (Å²) in [4.78, 5) is 13.9. The van der Waals surface area contributed by atoms with E-state index in [4.69, 9.17) is 27.9 Å². The fourth-order valence-corrected chi connectivity index (χ4v) is 3.13. The van der Waals surface area contributed by atoms with Gasteiger partial charge < -0.3 is 14.7 Å². The first kappa shape index (κ1) is 15.4. The molecule has 1 aliphatic rings. The van der Waals surface area contributed by atoms with E-state index in [1.165, 1.54) is 19.2 Å². The predicted molar refractivity (Wildman–Crippen MR) is 78.8 cm³/mol. The lowest BCUT2D eigenvalue weighted by Gasteiger charge is -2.46. The standard InChI is InChI=1S/C14H17Cl2NO3/c1-3-4-14(19)7-17(8-14)13(18)9-5-10(15)12(20-2)11(16)6-9/h5-6,19H,3-4,7-8H2,1-2H3. The molecule has 4 nitrogen and oxygen atoms in total. The van der Waals surface area contributed by atoms with Gasteiger partial charge in [0.1, 0.15) is 0 Å². The summed E-state index contributed by atoms with van der Waals surface area (Å²) in [6.45, 7) is 2.70. The second-order valence-electron chi connectivity index (χ2n) is 5.11. The molecular weight excluding hydrogens is 301 g/mol. The normalized spacial score (nSPS) is 16.8. The molecule has 1 aromatic carbocycles. The topological polar surface area (TPSA) is 49.8 Å². The summed E-state index contributed by atoms with van der Waals surface area (Å²) in [7, 11) is 1.47. The first-order valence-corrected chi connectivity index (χ1v) is 7.20. The van der Waals surface area contributed by atoms with Crippen molar-refractivity contribution < 1.29 is 14.6 Å². The van der Waals surface area contributed by atoms with Gasteiger partial charge in [-0.05, 0) is 18.6 Å². The molecule has 1 fully saturated rings. The third kappa shape index (κ3) is 2.87. The Kier molecular flexibility index (Phi) is 4.47. The highest BCUT2D eigenvalue weighted by atomic mass is 35.5. The maximum Gasteiger partial charge on any atom is 0.254 e. The number of likely N-dealkylation sites (tertiary alicyclic amines) is 1. The third-order valence-corrected chi connectivity index (χ3v) is 3.98. The number of rotatable bonds is 4. The maximum atomic E-state index is 12.3. The van der Waals surface area contributed by atoms with Gasteiger partial charge >= 0.3 is 0 Å². The number of methoxy groups -OCH3 is 1. The summed E-state index contributed by atoms with van der Waals surface area (Å²) in [5.74, 6) is 0.174. The Bertz CT molecular complexity index is 504. The summed E-state index contributed by atoms with van der Waals surface area (Å²) < 4.78 is 5.05. The molecule has 20 heavy (non-hydrogen) atoms. The largest absolute Gasteiger partial charge is 0.494 e. The summed E-state index contributed by atoms with van der Waals surface area (Å²) in [5.41, 5.74) is -0.343. The van der Waals surface area contributed by atoms with Crippen LogP contribution >= 0.6 is 23.2 Å². The number of aliphatic hydroxyl groups is 1. The molecule has 0 atom stereocenters. The van der Waals surface area contributed by atoms with Crippen LogP contribution in [0.1, 0.15) is 30.1 Å². The number of carbonyl (C=O) groups excluding carboxylic acids is 1. The highest BCUT2D eigenvalue weighted by Crippen LogP contribution is 2.35. The summed E-state index contributed by atoms with van der Waals surface area (Å²) in [6.07, 6.45) is 1.58. The van der Waals surface area contributed by atoms with Crippen LogP contribution in [-0.2, 0) is 0 Å². The number of halogens is 2. The van der Waals surface area contributed by atoms with E-state index in [9.17, 15) is 9.90 Å². The number of carbonyl (C=O) groups is 1. The Morgan fingerprint density at radius 2 is 1.95 bits per heavy atom. The van der Waals surface area contributed by atoms with Crippen LogP contribution in [-0.4, -0.2) is 41.7 Å². The number of ether oxygens (including phenoxy) is 1. The van der Waals surface area contributed by atoms with Crippen LogP contribution in [0.4, 0.5) is 0 Å². The van der Waals surface area contributed by atoms with Gasteiger partial charge in [0.25, 0.3) is 5.91 Å². The van der Waals surface area contributed by atoms with Crippen LogP contribution in [0.2, 0.25) is 10.0 Å². The van der Waals surface area contributed by atoms with E-state index in [1.807, 2.05) is 6.92 Å². The molecule has 0 spiro atoms. The zero-order chi connectivity index (χ0) is 14.9. The Morgan fingerprint density at radius 1 is 1.40 bits per heavy atom. The van der Waals surface area contributed by atoms with Crippen molar-refractivity contribution in [2.75, 3.05) is 20.2 Å². The summed E-state index contributed by atoms with van der Waals surface area (Å²) in [6, 6.07) is 3.07. The summed E-state index contributed by atoms with van der Waals surface area (Å²) in [5, 5.41) is 10.7. The average Bonchev–Trinajstić information content (AvgIpc) is 2.34. The van der Waals surface area contributed by atoms with Crippen LogP contribution in [0.15, 0.2) is 12.1 Å². The van der Waals surface area contributed by atoms with E-state index < -0.39 is 5.60 Å². The second kappa shape index (κ2) is 5.80. The van der Waals surface area contributed by atoms with Gasteiger partial charge in [-0.2, -0.15) is 0 Å². The number of amides is 1. The summed E-state index contributed by atoms with van der Waals surface area (Å²) >= 11 is 12.0. The molecule has 0 bridgehead atoms. The van der Waals surface area contributed by atoms with Crippen molar-refractivity contribution in [2.45, 2.75) is 25.4 Å². The molecule has 1 aromatic rings. The highest BCUT2D eigenvalue weighted by Gasteiger charge is 2.42. The Morgan fingerprint density at radius 3 is 2.40 bits per heavy atom. The third-order valence-electron chi connectivity index (χ3n) is 3.42. The van der Waals surface area contributed by atoms with Crippen molar-refractivity contribution in [1.29, 1.82) is 0 Å². The molecule has 0 aromatic heterocycles. The van der Waals surface area contributed by atoms with Gasteiger partial charge in [0, 0.05) is 5.56 Å². The molecule has 2 rings (SSSR count). The van der Waals surface area contributed by atoms with E-state index in [0.717, 1.165) is 6.42 Å². The molecule has 0 unspecified atom stereocenters. The Labute approximate surface area is 128 Å². The minimum atomic E-state index is -0.746. The van der Waals surface area contributed by atoms with Crippen LogP contribution in [0.25, 0.3) is 0 Å². The van der Waals surface area contributed by atoms with Crippen LogP contribution < -0.4 is 4.74 Å². The predicted octanol–water partition coefficient (Wildman–Crippen LogP) is 2.99. The molecule has 0 saturated carbocycles. The number of hydrogen-bond acceptors (Lipinski definition) is 3. The lowest BCUT2D eigenvalue weighted by Crippen LogP contribution is -2.63. The minimum absolute atomic E-state index is 0.183. The molecular formula is C14H17Cl2NO3. The zero-order valence-corrected chi connectivity index (χ0v) is 13.0. The maximum absolute atomic E-state index is 12.3. The van der Waals surface area contributed by atoms with Gasteiger partial charge in [0.2, 0.25) is 0 Å². The molecule has 0 radical (unpaired) electrons. The fraction of sp³-hybridized carbons (Fsp3) is 0.500. The number of hydrogen-bond donors (Lipinski definition) is 1. The van der Waals surface area contributed by atoms with Gasteiger partial charge in [-0.1, -0.05) is 36.5 Å². The molecule has 1 N–H and O–H groups in total. The van der Waals surface area contributed by atoms with E-state index in [1.54, 1.807) is 4.90 Å². The van der Waals surface area contributed by atoms with Crippen molar-refractivity contribution in [3.8, 4) is 5.75 Å². The van der Waals surface area contributed by atoms with Gasteiger partial charge in [-0.15, -0.1) is 0 Å². The zero-order valence-electron chi connectivity index (χ0n) is 11.4. The molecule has 1 saturated heterocycles. The first-order valence-electron chi connectivity index (χ1n) is 6.45. The van der Waals surface area contributed by atoms with E-state index >= 15 is 0 Å². The number of nitrogens with zero attached hydrogens (tertiary/aromatic N) is 1. The van der Waals surface area contributed by atoms with Gasteiger partial charge in [-0.25, -0.2) is 0 Å². The number of benzene rings is 1. The lowest BCUT2D eigenvalue weighted by molar-refractivity contribution is -0.0860. The fourth-order valence-electron chi connectivity index (χ4n) is 2.49. The van der Waals surface area contributed by atoms with Crippen molar-refractivity contribution in [2.24, 2.45) is 0 Å². The average molecular weight is 318 g/mol. The second-order valence-corrected chi connectivity index (χ2v) is 5.92. The van der Waals surface area contributed by atoms with Gasteiger partial charge in [0.15, 0.2) is 5.75 Å². The number of β-amino-alcohol motifs (C(OH)–C–C–N with tert-alkyl or cyclic N) is 1. The Balaban J connectivity index is 2.12. The molecule has 1 aliphatic heterocycles. The molecule has 110 valence electrons. The van der Waals surface area contributed by atoms with Gasteiger partial charge in [0.05, 0.1) is 35.8 Å². The van der Waals surface area contributed by atoms with Crippen molar-refractivity contribution >= 4 is 29.1 Å². The van der Waals surface area contributed by atoms with Crippen molar-refractivity contribution in [3.05, 3.63) is 27.7 Å².